The molecule has 0 unspecified atom stereocenters. The average Bonchev–Trinajstić information content (AvgIpc) is 2.90. The van der Waals surface area contributed by atoms with Gasteiger partial charge in [0.25, 0.3) is 0 Å². The van der Waals surface area contributed by atoms with E-state index in [1.54, 1.807) is 18.5 Å². The van der Waals surface area contributed by atoms with Crippen molar-refractivity contribution < 1.29 is 25.2 Å². The zero-order chi connectivity index (χ0) is 13.8. The van der Waals surface area contributed by atoms with Gasteiger partial charge in [-0.2, -0.15) is 0 Å². The first-order chi connectivity index (χ1) is 9.86. The van der Waals surface area contributed by atoms with Gasteiger partial charge < -0.3 is 0 Å². The van der Waals surface area contributed by atoms with E-state index in [4.69, 9.17) is 0 Å². The van der Waals surface area contributed by atoms with Crippen LogP contribution < -0.4 is 0 Å². The number of aromatic nitrogens is 1. The Balaban J connectivity index is 0.000000197. The summed E-state index contributed by atoms with van der Waals surface area (Å²) in [6.45, 7) is 0. The van der Waals surface area contributed by atoms with Gasteiger partial charge in [-0.25, -0.2) is 0 Å². The molecule has 1 aromatic carbocycles. The van der Waals surface area contributed by atoms with Gasteiger partial charge in [-0.3, -0.25) is 9.78 Å². The monoisotopic (exact) mass is 365 g/mol. The van der Waals surface area contributed by atoms with Gasteiger partial charge >= 0.3 is 0 Å². The fourth-order valence-electron chi connectivity index (χ4n) is 2.26. The van der Waals surface area contributed by atoms with Crippen LogP contribution in [-0.4, -0.2) is 10.8 Å². The Morgan fingerprint density at radius 2 is 1.62 bits per heavy atom. The van der Waals surface area contributed by atoms with Crippen LogP contribution in [0, 0.1) is 0 Å². The molecule has 0 spiro atoms. The van der Waals surface area contributed by atoms with E-state index in [1.165, 1.54) is 5.56 Å². The molecular weight excluding hydrogens is 353 g/mol. The van der Waals surface area contributed by atoms with E-state index in [1.807, 2.05) is 54.6 Å². The first-order valence-corrected chi connectivity index (χ1v) is 6.45. The number of allylic oxidation sites excluding steroid dienone is 5. The minimum absolute atomic E-state index is 0. The van der Waals surface area contributed by atoms with Crippen molar-refractivity contribution in [1.82, 2.24) is 4.98 Å². The van der Waals surface area contributed by atoms with Crippen LogP contribution >= 0.6 is 0 Å². The van der Waals surface area contributed by atoms with E-state index in [2.05, 4.69) is 11.1 Å². The Kier molecular flexibility index (Phi) is 5.16. The van der Waals surface area contributed by atoms with Crippen molar-refractivity contribution in [3.63, 3.8) is 0 Å². The summed E-state index contributed by atoms with van der Waals surface area (Å²) in [5, 5.41) is 0. The number of hydrogen-bond donors (Lipinski definition) is 0. The number of hydrogen-bond acceptors (Lipinski definition) is 2. The summed E-state index contributed by atoms with van der Waals surface area (Å²) in [6.07, 6.45) is 10.9. The molecule has 0 atom stereocenters. The fourth-order valence-corrected chi connectivity index (χ4v) is 2.26. The smallest absolute Gasteiger partial charge is 0.186 e. The third-order valence-electron chi connectivity index (χ3n) is 3.18. The Hall–Kier alpha value is -2.08. The minimum atomic E-state index is 0. The van der Waals surface area contributed by atoms with Gasteiger partial charge in [0.15, 0.2) is 5.78 Å². The quantitative estimate of drug-likeness (QED) is 0.667. The molecule has 2 aliphatic carbocycles. The molecule has 3 heteroatoms. The summed E-state index contributed by atoms with van der Waals surface area (Å²) >= 11 is 0. The third-order valence-corrected chi connectivity index (χ3v) is 3.18. The molecule has 2 aliphatic rings. The largest absolute Gasteiger partial charge is 0.289 e. The minimum Gasteiger partial charge on any atom is -0.289 e. The number of pyridine rings is 1. The predicted molar refractivity (Wildman–Crippen MR) is 80.8 cm³/mol. The van der Waals surface area contributed by atoms with Crippen molar-refractivity contribution >= 4 is 17.4 Å². The second-order valence-electron chi connectivity index (χ2n) is 4.47. The Morgan fingerprint density at radius 1 is 0.857 bits per heavy atom. The Morgan fingerprint density at radius 3 is 2.29 bits per heavy atom. The van der Waals surface area contributed by atoms with E-state index in [0.29, 0.717) is 0 Å². The molecule has 2 aromatic rings. The van der Waals surface area contributed by atoms with Crippen molar-refractivity contribution in [2.24, 2.45) is 0 Å². The predicted octanol–water partition coefficient (Wildman–Crippen LogP) is 3.69. The van der Waals surface area contributed by atoms with E-state index in [9.17, 15) is 4.79 Å². The molecule has 0 saturated heterocycles. The second kappa shape index (κ2) is 7.08. The van der Waals surface area contributed by atoms with Crippen LogP contribution in [-0.2, 0) is 25.2 Å². The molecule has 0 bridgehead atoms. The molecule has 0 fully saturated rings. The van der Waals surface area contributed by atoms with Gasteiger partial charge in [0.05, 0.1) is 0 Å². The maximum atomic E-state index is 11.5. The van der Waals surface area contributed by atoms with Crippen LogP contribution in [0.5, 0.6) is 0 Å². The summed E-state index contributed by atoms with van der Waals surface area (Å²) in [7, 11) is 0. The summed E-state index contributed by atoms with van der Waals surface area (Å²) in [5.41, 5.74) is 4.20. The van der Waals surface area contributed by atoms with Crippen molar-refractivity contribution in [2.45, 2.75) is 0 Å². The number of rotatable bonds is 0. The molecule has 2 nitrogen and oxygen atoms in total. The molecule has 21 heavy (non-hydrogen) atoms. The first kappa shape index (κ1) is 15.3. The van der Waals surface area contributed by atoms with Crippen LogP contribution in [0.3, 0.4) is 0 Å². The maximum Gasteiger partial charge on any atom is 0.186 e. The number of nitrogens with zero attached hydrogens (tertiary/aromatic N) is 1. The number of fused-ring (bicyclic) bond motifs is 3. The van der Waals surface area contributed by atoms with Crippen LogP contribution in [0.25, 0.3) is 11.6 Å². The van der Waals surface area contributed by atoms with E-state index >= 15 is 0 Å². The van der Waals surface area contributed by atoms with Crippen LogP contribution in [0.15, 0.2) is 78.7 Å². The molecule has 0 saturated carbocycles. The summed E-state index contributed by atoms with van der Waals surface area (Å²) < 4.78 is 0. The third kappa shape index (κ3) is 3.33. The van der Waals surface area contributed by atoms with Crippen molar-refractivity contribution in [3.8, 4) is 0 Å². The Bertz CT molecular complexity index is 703. The van der Waals surface area contributed by atoms with Gasteiger partial charge in [0.2, 0.25) is 0 Å². The van der Waals surface area contributed by atoms with Crippen LogP contribution in [0.2, 0.25) is 0 Å². The summed E-state index contributed by atoms with van der Waals surface area (Å²) in [5.74, 6) is 0.110. The van der Waals surface area contributed by atoms with Gasteiger partial charge in [-0.05, 0) is 41.0 Å². The molecule has 1 heterocycles. The number of carbonyl (C=O) groups is 1. The normalized spacial score (nSPS) is 13.8. The van der Waals surface area contributed by atoms with Crippen LogP contribution in [0.1, 0.15) is 11.1 Å². The number of carbonyl (C=O) groups excluding carboxylic acids is 1. The second-order valence-corrected chi connectivity index (χ2v) is 4.47. The zero-order valence-corrected chi connectivity index (χ0v) is 12.7. The number of ketones is 1. The van der Waals surface area contributed by atoms with Gasteiger partial charge in [0.1, 0.15) is 0 Å². The topological polar surface area (TPSA) is 30.0 Å². The summed E-state index contributed by atoms with van der Waals surface area (Å²) in [4.78, 5) is 15.3. The molecule has 1 aromatic heterocycles. The Labute approximate surface area is 137 Å². The zero-order valence-electron chi connectivity index (χ0n) is 11.2. The molecular formula is C18H13NOPd. The molecule has 106 valence electrons. The maximum absolute atomic E-state index is 11.5. The summed E-state index contributed by atoms with van der Waals surface area (Å²) in [6, 6.07) is 13.8. The molecule has 0 amide bonds. The molecule has 0 aliphatic heterocycles. The van der Waals surface area contributed by atoms with Crippen molar-refractivity contribution in [2.75, 3.05) is 0 Å². The van der Waals surface area contributed by atoms with E-state index in [0.717, 1.165) is 16.7 Å². The average molecular weight is 366 g/mol. The van der Waals surface area contributed by atoms with Gasteiger partial charge in [0, 0.05) is 38.4 Å². The standard InChI is InChI=1S/C13H8O.C5H5N.Pd/c14-13-7-3-6-11-10-5-2-1-4-9(10)8-12(11)13;1-2-4-6-5-3-1;/h1-8H;1-5H;. The fraction of sp³-hybridized carbons (Fsp3) is 0. The van der Waals surface area contributed by atoms with Crippen LogP contribution in [0.4, 0.5) is 0 Å². The molecule has 4 rings (SSSR count). The SMILES string of the molecule is O=C1C=CC=C2C1=Cc1ccccc12.[Pd].c1ccncc1. The van der Waals surface area contributed by atoms with E-state index in [-0.39, 0.29) is 26.2 Å². The van der Waals surface area contributed by atoms with Crippen molar-refractivity contribution in [3.05, 3.63) is 89.8 Å². The van der Waals surface area contributed by atoms with E-state index < -0.39 is 0 Å². The van der Waals surface area contributed by atoms with Gasteiger partial charge in [-0.1, -0.05) is 42.5 Å². The van der Waals surface area contributed by atoms with Crippen molar-refractivity contribution in [1.29, 1.82) is 0 Å². The molecule has 0 N–H and O–H groups in total. The first-order valence-electron chi connectivity index (χ1n) is 6.45. The van der Waals surface area contributed by atoms with Gasteiger partial charge in [-0.15, -0.1) is 0 Å². The number of benzene rings is 1. The molecule has 0 radical (unpaired) electrons.